The topological polar surface area (TPSA) is 34.0 Å². The number of hydrogen-bond donors (Lipinski definition) is 0. The van der Waals surface area contributed by atoms with Crippen LogP contribution in [0.4, 0.5) is 4.39 Å². The second-order valence-electron chi connectivity index (χ2n) is 5.85. The van der Waals surface area contributed by atoms with Crippen LogP contribution in [0.15, 0.2) is 34.3 Å². The minimum absolute atomic E-state index is 0.137. The van der Waals surface area contributed by atoms with Gasteiger partial charge >= 0.3 is 0 Å². The molecule has 1 atom stereocenters. The number of hydrogen-bond acceptors (Lipinski definition) is 3. The molecule has 0 unspecified atom stereocenters. The lowest BCUT2D eigenvalue weighted by Crippen LogP contribution is -2.21. The van der Waals surface area contributed by atoms with E-state index < -0.39 is 6.17 Å². The lowest BCUT2D eigenvalue weighted by Gasteiger charge is -2.16. The van der Waals surface area contributed by atoms with Gasteiger partial charge in [0.25, 0.3) is 0 Å². The van der Waals surface area contributed by atoms with Gasteiger partial charge in [0.15, 0.2) is 6.17 Å². The lowest BCUT2D eigenvalue weighted by molar-refractivity contribution is 0.136. The first-order chi connectivity index (χ1) is 10.6. The Bertz CT molecular complexity index is 482. The Kier molecular flexibility index (Phi) is 6.72. The third kappa shape index (κ3) is 5.68. The Balaban J connectivity index is 1.67. The molecule has 0 aromatic heterocycles. The van der Waals surface area contributed by atoms with E-state index in [4.69, 9.17) is 4.74 Å². The van der Waals surface area contributed by atoms with Crippen molar-refractivity contribution in [2.75, 3.05) is 6.61 Å². The van der Waals surface area contributed by atoms with Crippen LogP contribution in [-0.2, 0) is 4.74 Å². The summed E-state index contributed by atoms with van der Waals surface area (Å²) >= 11 is 0. The number of nitrogens with zero attached hydrogens (tertiary/aromatic N) is 2. The summed E-state index contributed by atoms with van der Waals surface area (Å²) in [6.45, 7) is 4.34. The maximum absolute atomic E-state index is 12.6. The fourth-order valence-electron chi connectivity index (χ4n) is 2.33. The van der Waals surface area contributed by atoms with E-state index in [1.165, 1.54) is 5.56 Å². The highest BCUT2D eigenvalue weighted by atomic mass is 19.1. The average Bonchev–Trinajstić information content (AvgIpc) is 2.52. The molecule has 120 valence electrons. The highest BCUT2D eigenvalue weighted by molar-refractivity contribution is 5.88. The Morgan fingerprint density at radius 2 is 1.77 bits per heavy atom. The first-order valence-electron chi connectivity index (χ1n) is 8.04. The zero-order valence-corrected chi connectivity index (χ0v) is 13.4. The van der Waals surface area contributed by atoms with Gasteiger partial charge in [-0.1, -0.05) is 42.7 Å². The number of alkyl halides is 1. The Morgan fingerprint density at radius 3 is 2.41 bits per heavy atom. The van der Waals surface area contributed by atoms with Crippen molar-refractivity contribution < 1.29 is 9.13 Å². The summed E-state index contributed by atoms with van der Waals surface area (Å²) in [6.07, 6.45) is 6.18. The lowest BCUT2D eigenvalue weighted by atomic mass is 10.1. The van der Waals surface area contributed by atoms with Crippen LogP contribution in [0.25, 0.3) is 0 Å². The van der Waals surface area contributed by atoms with Gasteiger partial charge in [-0.15, -0.1) is 0 Å². The van der Waals surface area contributed by atoms with Crippen LogP contribution in [0, 0.1) is 6.92 Å². The van der Waals surface area contributed by atoms with Gasteiger partial charge in [0.2, 0.25) is 0 Å². The van der Waals surface area contributed by atoms with Gasteiger partial charge in [0.05, 0.1) is 6.17 Å². The number of benzene rings is 1. The van der Waals surface area contributed by atoms with Crippen LogP contribution in [0.3, 0.4) is 0 Å². The summed E-state index contributed by atoms with van der Waals surface area (Å²) in [7, 11) is 0. The third-order valence-corrected chi connectivity index (χ3v) is 3.68. The van der Waals surface area contributed by atoms with Crippen molar-refractivity contribution in [2.24, 2.45) is 9.98 Å². The number of ether oxygens (including phenoxy) is 1. The van der Waals surface area contributed by atoms with E-state index in [2.05, 4.69) is 41.2 Å². The van der Waals surface area contributed by atoms with Crippen molar-refractivity contribution in [3.8, 4) is 0 Å². The monoisotopic (exact) mass is 304 g/mol. The first kappa shape index (κ1) is 16.8. The average molecular weight is 304 g/mol. The van der Waals surface area contributed by atoms with E-state index >= 15 is 0 Å². The molecule has 0 fully saturated rings. The van der Waals surface area contributed by atoms with E-state index in [-0.39, 0.29) is 12.3 Å². The number of rotatable bonds is 8. The van der Waals surface area contributed by atoms with Crippen molar-refractivity contribution in [3.63, 3.8) is 0 Å². The predicted molar refractivity (Wildman–Crippen MR) is 89.7 cm³/mol. The van der Waals surface area contributed by atoms with Gasteiger partial charge < -0.3 is 4.74 Å². The molecule has 0 N–H and O–H groups in total. The summed E-state index contributed by atoms with van der Waals surface area (Å²) < 4.78 is 18.3. The summed E-state index contributed by atoms with van der Waals surface area (Å²) in [4.78, 5) is 8.90. The number of aryl methyl sites for hydroxylation is 1. The van der Waals surface area contributed by atoms with Crippen LogP contribution >= 0.6 is 0 Å². The molecule has 2 rings (SSSR count). The summed E-state index contributed by atoms with van der Waals surface area (Å²) in [5.74, 6) is 0. The quantitative estimate of drug-likeness (QED) is 0.653. The fraction of sp³-hybridized carbons (Fsp3) is 0.556. The molecule has 1 aliphatic rings. The number of halogens is 1. The predicted octanol–water partition coefficient (Wildman–Crippen LogP) is 4.45. The van der Waals surface area contributed by atoms with Crippen LogP contribution in [-0.4, -0.2) is 31.3 Å². The van der Waals surface area contributed by atoms with Gasteiger partial charge in [0, 0.05) is 19.0 Å². The highest BCUT2D eigenvalue weighted by Gasteiger charge is 2.13. The Labute approximate surface area is 132 Å². The number of unbranched alkanes of at least 4 members (excludes halogenated alkanes) is 2. The maximum Gasteiger partial charge on any atom is 0.164 e. The highest BCUT2D eigenvalue weighted by Crippen LogP contribution is 2.21. The molecule has 0 aliphatic carbocycles. The molecule has 0 bridgehead atoms. The molecule has 0 spiro atoms. The van der Waals surface area contributed by atoms with Crippen LogP contribution in [0.2, 0.25) is 0 Å². The fourth-order valence-corrected chi connectivity index (χ4v) is 2.33. The zero-order valence-electron chi connectivity index (χ0n) is 13.4. The zero-order chi connectivity index (χ0) is 15.8. The third-order valence-electron chi connectivity index (χ3n) is 3.68. The normalized spacial score (nSPS) is 22.0. The van der Waals surface area contributed by atoms with Crippen LogP contribution in [0.5, 0.6) is 0 Å². The summed E-state index contributed by atoms with van der Waals surface area (Å²) in [6, 6.07) is 8.26. The summed E-state index contributed by atoms with van der Waals surface area (Å²) in [5, 5.41) is 0. The largest absolute Gasteiger partial charge is 0.367 e. The molecule has 0 radical (unpaired) electrons. The standard InChI is InChI=1S/C18H25FN2O/c1-14-7-9-16(10-8-14)18-20-12-17(13-21-18)22-11-5-3-4-6-15(2)19/h7-10,12-13,15,17-18H,3-6,11H2,1-2H3/t15-,17?,18?/m1/s1. The minimum Gasteiger partial charge on any atom is -0.367 e. The van der Waals surface area contributed by atoms with Crippen molar-refractivity contribution in [1.82, 2.24) is 0 Å². The second-order valence-corrected chi connectivity index (χ2v) is 5.85. The van der Waals surface area contributed by atoms with Gasteiger partial charge in [-0.25, -0.2) is 4.39 Å². The molecule has 1 aromatic rings. The molecule has 0 saturated heterocycles. The van der Waals surface area contributed by atoms with Gasteiger partial charge in [0.1, 0.15) is 6.10 Å². The van der Waals surface area contributed by atoms with E-state index in [9.17, 15) is 4.39 Å². The van der Waals surface area contributed by atoms with Crippen molar-refractivity contribution in [3.05, 3.63) is 35.4 Å². The van der Waals surface area contributed by atoms with Crippen molar-refractivity contribution in [2.45, 2.75) is 58.0 Å². The molecule has 3 nitrogen and oxygen atoms in total. The summed E-state index contributed by atoms with van der Waals surface area (Å²) in [5.41, 5.74) is 2.33. The van der Waals surface area contributed by atoms with E-state index in [0.717, 1.165) is 24.8 Å². The van der Waals surface area contributed by atoms with Crippen molar-refractivity contribution >= 4 is 12.4 Å². The molecule has 22 heavy (non-hydrogen) atoms. The molecule has 1 heterocycles. The molecule has 1 aliphatic heterocycles. The number of aliphatic imine (C=N–C) groups is 2. The molecule has 0 amide bonds. The van der Waals surface area contributed by atoms with Crippen molar-refractivity contribution in [1.29, 1.82) is 0 Å². The SMILES string of the molecule is Cc1ccc(C2N=CC(OCCCCC[C@@H](C)F)C=N2)cc1. The smallest absolute Gasteiger partial charge is 0.164 e. The van der Waals surface area contributed by atoms with Gasteiger partial charge in [-0.3, -0.25) is 9.98 Å². The Morgan fingerprint density at radius 1 is 1.09 bits per heavy atom. The molecule has 4 heteroatoms. The van der Waals surface area contributed by atoms with E-state index in [1.54, 1.807) is 6.92 Å². The van der Waals surface area contributed by atoms with Gasteiger partial charge in [-0.05, 0) is 32.3 Å². The van der Waals surface area contributed by atoms with E-state index in [1.807, 2.05) is 12.4 Å². The van der Waals surface area contributed by atoms with E-state index in [0.29, 0.717) is 13.0 Å². The van der Waals surface area contributed by atoms with Crippen LogP contribution in [0.1, 0.15) is 49.9 Å². The Hall–Kier alpha value is -1.55. The minimum atomic E-state index is -0.697. The molecule has 0 saturated carbocycles. The molecular weight excluding hydrogens is 279 g/mol. The van der Waals surface area contributed by atoms with Gasteiger partial charge in [-0.2, -0.15) is 0 Å². The second kappa shape index (κ2) is 8.79. The first-order valence-corrected chi connectivity index (χ1v) is 8.04. The maximum atomic E-state index is 12.6. The molecule has 1 aromatic carbocycles. The molecular formula is C18H25FN2O. The van der Waals surface area contributed by atoms with Crippen LogP contribution < -0.4 is 0 Å².